The summed E-state index contributed by atoms with van der Waals surface area (Å²) in [5, 5.41) is 9.62. The van der Waals surface area contributed by atoms with Gasteiger partial charge in [0.2, 0.25) is 5.91 Å². The van der Waals surface area contributed by atoms with E-state index in [9.17, 15) is 19.5 Å². The van der Waals surface area contributed by atoms with Crippen LogP contribution in [-0.4, -0.2) is 57.9 Å². The summed E-state index contributed by atoms with van der Waals surface area (Å²) in [7, 11) is 0. The lowest BCUT2D eigenvalue weighted by Gasteiger charge is -2.44. The van der Waals surface area contributed by atoms with Crippen LogP contribution in [0.15, 0.2) is 22.7 Å². The van der Waals surface area contributed by atoms with Gasteiger partial charge < -0.3 is 10.0 Å². The van der Waals surface area contributed by atoms with Crippen LogP contribution in [0, 0.1) is 0 Å². The molecular formula is C14H13BrN2O4. The van der Waals surface area contributed by atoms with Crippen molar-refractivity contribution >= 4 is 33.7 Å². The molecular weight excluding hydrogens is 340 g/mol. The third kappa shape index (κ3) is 2.36. The molecule has 0 aliphatic carbocycles. The van der Waals surface area contributed by atoms with E-state index in [1.165, 1.54) is 4.90 Å². The molecule has 6 nitrogen and oxygen atoms in total. The van der Waals surface area contributed by atoms with Crippen molar-refractivity contribution in [1.82, 2.24) is 9.80 Å². The number of likely N-dealkylation sites (tertiary alicyclic amines) is 1. The fraction of sp³-hybridized carbons (Fsp3) is 0.357. The van der Waals surface area contributed by atoms with Gasteiger partial charge in [0.1, 0.15) is 6.54 Å². The Morgan fingerprint density at radius 1 is 1.29 bits per heavy atom. The van der Waals surface area contributed by atoms with Crippen LogP contribution in [0.4, 0.5) is 0 Å². The smallest absolute Gasteiger partial charge is 0.262 e. The molecule has 0 bridgehead atoms. The van der Waals surface area contributed by atoms with Gasteiger partial charge in [0.25, 0.3) is 11.8 Å². The SMILES string of the molecule is CC1(O)CN(C(=O)CN2C(=O)c3ccc(Br)cc3C2=O)C1. The van der Waals surface area contributed by atoms with Crippen LogP contribution < -0.4 is 0 Å². The molecule has 1 N–H and O–H groups in total. The summed E-state index contributed by atoms with van der Waals surface area (Å²) in [4.78, 5) is 38.8. The van der Waals surface area contributed by atoms with Crippen molar-refractivity contribution in [3.8, 4) is 0 Å². The van der Waals surface area contributed by atoms with E-state index in [0.717, 1.165) is 4.90 Å². The fourth-order valence-electron chi connectivity index (χ4n) is 2.59. The number of rotatable bonds is 2. The van der Waals surface area contributed by atoms with E-state index in [4.69, 9.17) is 0 Å². The summed E-state index contributed by atoms with van der Waals surface area (Å²) >= 11 is 3.25. The van der Waals surface area contributed by atoms with Gasteiger partial charge in [-0.1, -0.05) is 15.9 Å². The molecule has 0 unspecified atom stereocenters. The standard InChI is InChI=1S/C14H13BrN2O4/c1-14(21)6-16(7-14)11(18)5-17-12(19)9-3-2-8(15)4-10(9)13(17)20/h2-4,21H,5-7H2,1H3. The molecule has 3 amide bonds. The summed E-state index contributed by atoms with van der Waals surface area (Å²) in [6.45, 7) is 1.79. The maximum absolute atomic E-state index is 12.2. The highest BCUT2D eigenvalue weighted by molar-refractivity contribution is 9.10. The molecule has 2 aliphatic heterocycles. The number of halogens is 1. The average Bonchev–Trinajstić information content (AvgIpc) is 2.60. The van der Waals surface area contributed by atoms with E-state index >= 15 is 0 Å². The number of carbonyl (C=O) groups is 3. The van der Waals surface area contributed by atoms with Crippen LogP contribution in [0.3, 0.4) is 0 Å². The molecule has 110 valence electrons. The van der Waals surface area contributed by atoms with Crippen molar-refractivity contribution in [3.05, 3.63) is 33.8 Å². The van der Waals surface area contributed by atoms with Gasteiger partial charge in [-0.05, 0) is 25.1 Å². The van der Waals surface area contributed by atoms with Gasteiger partial charge in [-0.2, -0.15) is 0 Å². The minimum atomic E-state index is -0.873. The molecule has 1 aromatic carbocycles. The predicted molar refractivity (Wildman–Crippen MR) is 76.7 cm³/mol. The summed E-state index contributed by atoms with van der Waals surface area (Å²) in [6, 6.07) is 4.83. The molecule has 0 aromatic heterocycles. The number of hydrogen-bond donors (Lipinski definition) is 1. The van der Waals surface area contributed by atoms with Crippen molar-refractivity contribution in [3.63, 3.8) is 0 Å². The molecule has 21 heavy (non-hydrogen) atoms. The van der Waals surface area contributed by atoms with Crippen molar-refractivity contribution in [2.24, 2.45) is 0 Å². The number of carbonyl (C=O) groups excluding carboxylic acids is 3. The van der Waals surface area contributed by atoms with Crippen LogP contribution in [0.1, 0.15) is 27.6 Å². The molecule has 1 aromatic rings. The van der Waals surface area contributed by atoms with Gasteiger partial charge in [-0.15, -0.1) is 0 Å². The molecule has 0 saturated carbocycles. The van der Waals surface area contributed by atoms with Gasteiger partial charge in [0, 0.05) is 4.47 Å². The maximum atomic E-state index is 12.2. The summed E-state index contributed by atoms with van der Waals surface area (Å²) in [6.07, 6.45) is 0. The topological polar surface area (TPSA) is 77.9 Å². The third-order valence-electron chi connectivity index (χ3n) is 3.64. The zero-order valence-electron chi connectivity index (χ0n) is 11.3. The first-order valence-electron chi connectivity index (χ1n) is 6.44. The second-order valence-corrected chi connectivity index (χ2v) is 6.55. The molecule has 3 rings (SSSR count). The van der Waals surface area contributed by atoms with Crippen LogP contribution in [0.2, 0.25) is 0 Å². The molecule has 1 fully saturated rings. The van der Waals surface area contributed by atoms with E-state index < -0.39 is 17.4 Å². The fourth-order valence-corrected chi connectivity index (χ4v) is 2.96. The maximum Gasteiger partial charge on any atom is 0.262 e. The molecule has 0 radical (unpaired) electrons. The largest absolute Gasteiger partial charge is 0.386 e. The monoisotopic (exact) mass is 352 g/mol. The molecule has 2 heterocycles. The van der Waals surface area contributed by atoms with Gasteiger partial charge in [0.05, 0.1) is 29.8 Å². The van der Waals surface area contributed by atoms with Crippen LogP contribution in [0.25, 0.3) is 0 Å². The number of nitrogens with zero attached hydrogens (tertiary/aromatic N) is 2. The van der Waals surface area contributed by atoms with Crippen molar-refractivity contribution < 1.29 is 19.5 Å². The van der Waals surface area contributed by atoms with Crippen LogP contribution in [-0.2, 0) is 4.79 Å². The number of benzene rings is 1. The highest BCUT2D eigenvalue weighted by Crippen LogP contribution is 2.27. The lowest BCUT2D eigenvalue weighted by molar-refractivity contribution is -0.152. The zero-order chi connectivity index (χ0) is 15.4. The Kier molecular flexibility index (Phi) is 3.14. The molecule has 2 aliphatic rings. The van der Waals surface area contributed by atoms with Gasteiger partial charge in [0.15, 0.2) is 0 Å². The Labute approximate surface area is 129 Å². The Hall–Kier alpha value is -1.73. The second kappa shape index (κ2) is 4.64. The average molecular weight is 353 g/mol. The Bertz CT molecular complexity index is 663. The summed E-state index contributed by atoms with van der Waals surface area (Å²) in [5.41, 5.74) is -0.257. The van der Waals surface area contributed by atoms with Gasteiger partial charge >= 0.3 is 0 Å². The number of amides is 3. The summed E-state index contributed by atoms with van der Waals surface area (Å²) < 4.78 is 0.703. The van der Waals surface area contributed by atoms with Gasteiger partial charge in [-0.3, -0.25) is 19.3 Å². The molecule has 1 saturated heterocycles. The van der Waals surface area contributed by atoms with Crippen molar-refractivity contribution in [1.29, 1.82) is 0 Å². The highest BCUT2D eigenvalue weighted by Gasteiger charge is 2.42. The second-order valence-electron chi connectivity index (χ2n) is 5.63. The number of imide groups is 1. The number of hydrogen-bond acceptors (Lipinski definition) is 4. The van der Waals surface area contributed by atoms with Crippen molar-refractivity contribution in [2.75, 3.05) is 19.6 Å². The summed E-state index contributed by atoms with van der Waals surface area (Å²) in [5.74, 6) is -1.25. The minimum Gasteiger partial charge on any atom is -0.386 e. The first-order valence-corrected chi connectivity index (χ1v) is 7.24. The predicted octanol–water partition coefficient (Wildman–Crippen LogP) is 0.638. The van der Waals surface area contributed by atoms with Crippen molar-refractivity contribution in [2.45, 2.75) is 12.5 Å². The van der Waals surface area contributed by atoms with Gasteiger partial charge in [-0.25, -0.2) is 0 Å². The third-order valence-corrected chi connectivity index (χ3v) is 4.14. The lowest BCUT2D eigenvalue weighted by atomic mass is 9.97. The normalized spacial score (nSPS) is 19.6. The molecule has 0 atom stereocenters. The lowest BCUT2D eigenvalue weighted by Crippen LogP contribution is -2.63. The first-order chi connectivity index (χ1) is 9.78. The van der Waals surface area contributed by atoms with E-state index in [2.05, 4.69) is 15.9 Å². The minimum absolute atomic E-state index is 0.223. The van der Waals surface area contributed by atoms with E-state index in [0.29, 0.717) is 15.6 Å². The van der Waals surface area contributed by atoms with E-state index in [-0.39, 0.29) is 25.5 Å². The molecule has 0 spiro atoms. The quantitative estimate of drug-likeness (QED) is 0.792. The van der Waals surface area contributed by atoms with E-state index in [1.807, 2.05) is 0 Å². The molecule has 7 heteroatoms. The zero-order valence-corrected chi connectivity index (χ0v) is 12.9. The van der Waals surface area contributed by atoms with Crippen LogP contribution >= 0.6 is 15.9 Å². The number of fused-ring (bicyclic) bond motifs is 1. The number of β-amino-alcohol motifs (C(OH)–C–C–N with tert-alkyl or cyclic N) is 1. The van der Waals surface area contributed by atoms with Crippen LogP contribution in [0.5, 0.6) is 0 Å². The Morgan fingerprint density at radius 3 is 2.52 bits per heavy atom. The first kappa shape index (κ1) is 14.2. The highest BCUT2D eigenvalue weighted by atomic mass is 79.9. The van der Waals surface area contributed by atoms with E-state index in [1.54, 1.807) is 25.1 Å². The Morgan fingerprint density at radius 2 is 1.90 bits per heavy atom. The number of aliphatic hydroxyl groups is 1. The Balaban J connectivity index is 1.75.